The lowest BCUT2D eigenvalue weighted by atomic mass is 9.98. The van der Waals surface area contributed by atoms with Crippen molar-refractivity contribution in [3.8, 4) is 16.9 Å². The van der Waals surface area contributed by atoms with E-state index < -0.39 is 67.2 Å². The Morgan fingerprint density at radius 1 is 0.756 bits per heavy atom. The lowest BCUT2D eigenvalue weighted by Crippen LogP contribution is -2.63. The van der Waals surface area contributed by atoms with E-state index in [-0.39, 0.29) is 10.8 Å². The molecule has 1 heterocycles. The third-order valence-corrected chi connectivity index (χ3v) is 6.06. The minimum atomic E-state index is -1.43. The summed E-state index contributed by atoms with van der Waals surface area (Å²) in [5, 5.41) is 0.146. The van der Waals surface area contributed by atoms with E-state index >= 15 is 0 Å². The summed E-state index contributed by atoms with van der Waals surface area (Å²) < 4.78 is 37.9. The molecule has 13 heteroatoms. The van der Waals surface area contributed by atoms with Gasteiger partial charge in [0, 0.05) is 27.7 Å². The van der Waals surface area contributed by atoms with E-state index in [1.165, 1.54) is 14.0 Å². The molecule has 0 aromatic heterocycles. The average molecular weight is 593 g/mol. The molecule has 0 radical (unpaired) electrons. The predicted molar refractivity (Wildman–Crippen MR) is 141 cm³/mol. The Balaban J connectivity index is 1.95. The fourth-order valence-corrected chi connectivity index (χ4v) is 4.33. The van der Waals surface area contributed by atoms with Crippen molar-refractivity contribution in [3.63, 3.8) is 0 Å². The van der Waals surface area contributed by atoms with E-state index in [0.29, 0.717) is 11.1 Å². The van der Waals surface area contributed by atoms with Gasteiger partial charge in [0.1, 0.15) is 18.5 Å². The molecule has 220 valence electrons. The number of hydrogen-bond donors (Lipinski definition) is 0. The van der Waals surface area contributed by atoms with Crippen LogP contribution in [0.1, 0.15) is 38.1 Å². The third kappa shape index (κ3) is 8.41. The number of benzene rings is 2. The zero-order valence-electron chi connectivity index (χ0n) is 22.9. The van der Waals surface area contributed by atoms with Gasteiger partial charge >= 0.3 is 29.8 Å². The van der Waals surface area contributed by atoms with Crippen molar-refractivity contribution in [2.24, 2.45) is 0 Å². The van der Waals surface area contributed by atoms with Crippen LogP contribution in [0.4, 0.5) is 0 Å². The zero-order valence-corrected chi connectivity index (χ0v) is 23.7. The fourth-order valence-electron chi connectivity index (χ4n) is 4.10. The normalized spacial score (nSPS) is 21.7. The van der Waals surface area contributed by atoms with Crippen molar-refractivity contribution in [1.29, 1.82) is 0 Å². The van der Waals surface area contributed by atoms with Crippen LogP contribution in [0, 0.1) is 0 Å². The smallest absolute Gasteiger partial charge is 0.337 e. The first kappa shape index (κ1) is 31.4. The molecular formula is C28H29ClO12. The van der Waals surface area contributed by atoms with Crippen LogP contribution < -0.4 is 4.74 Å². The quantitative estimate of drug-likeness (QED) is 0.310. The molecule has 0 N–H and O–H groups in total. The summed E-state index contributed by atoms with van der Waals surface area (Å²) in [6.45, 7) is 4.15. The predicted octanol–water partition coefficient (Wildman–Crippen LogP) is 3.26. The summed E-state index contributed by atoms with van der Waals surface area (Å²) in [7, 11) is 1.29. The topological polar surface area (TPSA) is 150 Å². The number of rotatable bonds is 9. The Hall–Kier alpha value is -4.16. The van der Waals surface area contributed by atoms with Gasteiger partial charge in [0.15, 0.2) is 12.2 Å². The van der Waals surface area contributed by atoms with Gasteiger partial charge in [-0.3, -0.25) is 19.2 Å². The Morgan fingerprint density at radius 3 is 1.85 bits per heavy atom. The fraction of sp³-hybridized carbons (Fsp3) is 0.393. The number of hydrogen-bond acceptors (Lipinski definition) is 12. The number of ether oxygens (including phenoxy) is 7. The molecule has 3 rings (SSSR count). The number of carbonyl (C=O) groups is 5. The Morgan fingerprint density at radius 2 is 1.32 bits per heavy atom. The molecule has 0 unspecified atom stereocenters. The molecule has 12 nitrogen and oxygen atoms in total. The first-order chi connectivity index (χ1) is 19.4. The SMILES string of the molecule is COC(=O)c1ccc(-c2ccc(O[C@@H]3O[C@H](COC(C)=O)[C@@H](OC(C)=O)[C@H](OC(C)=O)[C@@H]3OC(C)=O)c(Cl)c2)cc1. The van der Waals surface area contributed by atoms with Crippen molar-refractivity contribution < 1.29 is 57.1 Å². The van der Waals surface area contributed by atoms with Crippen molar-refractivity contribution in [3.05, 3.63) is 53.1 Å². The standard InChI is InChI=1S/C28H29ClO12/c1-14(30)36-13-23-24(37-15(2)31)25(38-16(3)32)26(39-17(4)33)28(41-23)40-22-11-10-20(12-21(22)29)18-6-8-19(9-7-18)27(34)35-5/h6-12,23-26,28H,13H2,1-5H3/t23-,24-,25+,26+,28-/m1/s1. The first-order valence-corrected chi connectivity index (χ1v) is 12.7. The molecule has 2 aromatic carbocycles. The Labute approximate surface area is 240 Å². The van der Waals surface area contributed by atoms with Crippen molar-refractivity contribution in [2.45, 2.75) is 58.4 Å². The van der Waals surface area contributed by atoms with Crippen LogP contribution in [0.3, 0.4) is 0 Å². The van der Waals surface area contributed by atoms with E-state index in [2.05, 4.69) is 0 Å². The lowest BCUT2D eigenvalue weighted by molar-refractivity contribution is -0.288. The molecule has 0 spiro atoms. The second-order valence-corrected chi connectivity index (χ2v) is 9.31. The maximum atomic E-state index is 12.0. The number of esters is 5. The highest BCUT2D eigenvalue weighted by atomic mass is 35.5. The van der Waals surface area contributed by atoms with Gasteiger partial charge in [-0.1, -0.05) is 29.8 Å². The highest BCUT2D eigenvalue weighted by Gasteiger charge is 2.53. The Bertz CT molecular complexity index is 1290. The van der Waals surface area contributed by atoms with E-state index in [4.69, 9.17) is 44.8 Å². The molecule has 0 aliphatic carbocycles. The molecule has 41 heavy (non-hydrogen) atoms. The summed E-state index contributed by atoms with van der Waals surface area (Å²) in [5.41, 5.74) is 1.82. The van der Waals surface area contributed by atoms with Crippen LogP contribution in [-0.4, -0.2) is 74.3 Å². The second kappa shape index (κ2) is 14.0. The highest BCUT2D eigenvalue weighted by molar-refractivity contribution is 6.32. The number of methoxy groups -OCH3 is 1. The minimum absolute atomic E-state index is 0.113. The van der Waals surface area contributed by atoms with E-state index in [1.807, 2.05) is 0 Å². The first-order valence-electron chi connectivity index (χ1n) is 12.3. The van der Waals surface area contributed by atoms with E-state index in [0.717, 1.165) is 26.3 Å². The molecule has 0 amide bonds. The molecule has 2 aromatic rings. The van der Waals surface area contributed by atoms with Gasteiger partial charge in [0.25, 0.3) is 0 Å². The minimum Gasteiger partial charge on any atom is -0.465 e. The van der Waals surface area contributed by atoms with Crippen LogP contribution in [0.5, 0.6) is 5.75 Å². The van der Waals surface area contributed by atoms with Crippen LogP contribution >= 0.6 is 11.6 Å². The molecule has 5 atom stereocenters. The highest BCUT2D eigenvalue weighted by Crippen LogP contribution is 2.35. The van der Waals surface area contributed by atoms with Gasteiger partial charge in [-0.15, -0.1) is 0 Å². The Kier molecular flexibility index (Phi) is 10.7. The monoisotopic (exact) mass is 592 g/mol. The van der Waals surface area contributed by atoms with Crippen LogP contribution in [-0.2, 0) is 47.6 Å². The van der Waals surface area contributed by atoms with Crippen LogP contribution in [0.2, 0.25) is 5.02 Å². The third-order valence-electron chi connectivity index (χ3n) is 5.76. The number of halogens is 1. The van der Waals surface area contributed by atoms with Crippen LogP contribution in [0.25, 0.3) is 11.1 Å². The molecule has 0 saturated carbocycles. The van der Waals surface area contributed by atoms with Crippen molar-refractivity contribution in [1.82, 2.24) is 0 Å². The summed E-state index contributed by atoms with van der Waals surface area (Å²) in [6, 6.07) is 11.5. The average Bonchev–Trinajstić information content (AvgIpc) is 2.90. The van der Waals surface area contributed by atoms with E-state index in [9.17, 15) is 24.0 Å². The van der Waals surface area contributed by atoms with Gasteiger partial charge in [-0.2, -0.15) is 0 Å². The van der Waals surface area contributed by atoms with E-state index in [1.54, 1.807) is 42.5 Å². The summed E-state index contributed by atoms with van der Waals surface area (Å²) in [4.78, 5) is 59.1. The van der Waals surface area contributed by atoms with Gasteiger partial charge in [-0.25, -0.2) is 4.79 Å². The second-order valence-electron chi connectivity index (χ2n) is 8.90. The lowest BCUT2D eigenvalue weighted by Gasteiger charge is -2.44. The summed E-state index contributed by atoms with van der Waals surface area (Å²) in [6.07, 6.45) is -6.71. The number of carbonyl (C=O) groups excluding carboxylic acids is 5. The summed E-state index contributed by atoms with van der Waals surface area (Å²) >= 11 is 6.53. The molecule has 1 saturated heterocycles. The maximum Gasteiger partial charge on any atom is 0.337 e. The molecule has 1 fully saturated rings. The van der Waals surface area contributed by atoms with Gasteiger partial charge in [0.05, 0.1) is 17.7 Å². The maximum absolute atomic E-state index is 12.0. The zero-order chi connectivity index (χ0) is 30.3. The summed E-state index contributed by atoms with van der Waals surface area (Å²) in [5.74, 6) is -3.27. The van der Waals surface area contributed by atoms with Crippen molar-refractivity contribution >= 4 is 41.4 Å². The van der Waals surface area contributed by atoms with Crippen molar-refractivity contribution in [2.75, 3.05) is 13.7 Å². The molecule has 1 aliphatic heterocycles. The van der Waals surface area contributed by atoms with Crippen LogP contribution in [0.15, 0.2) is 42.5 Å². The molecule has 0 bridgehead atoms. The van der Waals surface area contributed by atoms with Gasteiger partial charge in [-0.05, 0) is 35.4 Å². The molecule has 1 aliphatic rings. The largest absolute Gasteiger partial charge is 0.465 e. The van der Waals surface area contributed by atoms with Gasteiger partial charge < -0.3 is 33.2 Å². The molecular weight excluding hydrogens is 564 g/mol. The van der Waals surface area contributed by atoms with Gasteiger partial charge in [0.2, 0.25) is 12.4 Å².